The van der Waals surface area contributed by atoms with E-state index in [1.54, 1.807) is 22.6 Å². The molecule has 22 heavy (non-hydrogen) atoms. The number of carbonyl (C=O) groups excluding carboxylic acids is 1. The van der Waals surface area contributed by atoms with Crippen molar-refractivity contribution in [2.45, 2.75) is 13.5 Å². The van der Waals surface area contributed by atoms with Crippen LogP contribution >= 0.6 is 0 Å². The summed E-state index contributed by atoms with van der Waals surface area (Å²) in [6.45, 7) is 2.31. The van der Waals surface area contributed by atoms with Crippen molar-refractivity contribution in [2.75, 3.05) is 0 Å². The largest absolute Gasteiger partial charge is 0.347 e. The summed E-state index contributed by atoms with van der Waals surface area (Å²) in [5.41, 5.74) is 3.72. The molecule has 0 aliphatic carbocycles. The van der Waals surface area contributed by atoms with Gasteiger partial charge in [-0.05, 0) is 36.8 Å². The molecular weight excluding hydrogens is 276 g/mol. The highest BCUT2D eigenvalue weighted by molar-refractivity contribution is 5.93. The minimum atomic E-state index is -0.160. The van der Waals surface area contributed by atoms with E-state index in [0.29, 0.717) is 17.8 Å². The minimum Gasteiger partial charge on any atom is -0.347 e. The Bertz CT molecular complexity index is 872. The Balaban J connectivity index is 1.77. The summed E-state index contributed by atoms with van der Waals surface area (Å²) in [4.78, 5) is 16.7. The molecule has 3 rings (SSSR count). The average Bonchev–Trinajstić information content (AvgIpc) is 2.93. The summed E-state index contributed by atoms with van der Waals surface area (Å²) in [5, 5.41) is 11.7. The van der Waals surface area contributed by atoms with Crippen LogP contribution in [0.2, 0.25) is 0 Å². The van der Waals surface area contributed by atoms with Crippen LogP contribution < -0.4 is 5.32 Å². The number of imidazole rings is 1. The number of hydrogen-bond acceptors (Lipinski definition) is 3. The van der Waals surface area contributed by atoms with Crippen LogP contribution in [0.15, 0.2) is 48.7 Å². The van der Waals surface area contributed by atoms with E-state index in [1.165, 1.54) is 0 Å². The number of nitriles is 1. The molecule has 5 nitrogen and oxygen atoms in total. The molecule has 0 unspecified atom stereocenters. The third-order valence-corrected chi connectivity index (χ3v) is 3.38. The monoisotopic (exact) mass is 290 g/mol. The molecular formula is C17H14N4O. The van der Waals surface area contributed by atoms with Crippen molar-refractivity contribution in [1.82, 2.24) is 14.7 Å². The molecule has 0 spiro atoms. The Kier molecular flexibility index (Phi) is 3.58. The Morgan fingerprint density at radius 3 is 2.77 bits per heavy atom. The first kappa shape index (κ1) is 13.8. The molecule has 0 aliphatic rings. The summed E-state index contributed by atoms with van der Waals surface area (Å²) in [7, 11) is 0. The second-order valence-electron chi connectivity index (χ2n) is 5.01. The summed E-state index contributed by atoms with van der Waals surface area (Å²) >= 11 is 0. The number of fused-ring (bicyclic) bond motifs is 1. The van der Waals surface area contributed by atoms with Gasteiger partial charge in [0.2, 0.25) is 0 Å². The highest BCUT2D eigenvalue weighted by Crippen LogP contribution is 2.09. The number of carbonyl (C=O) groups is 1. The quantitative estimate of drug-likeness (QED) is 0.805. The molecule has 5 heteroatoms. The van der Waals surface area contributed by atoms with Gasteiger partial charge in [0.05, 0.1) is 17.3 Å². The van der Waals surface area contributed by atoms with Gasteiger partial charge in [-0.3, -0.25) is 9.20 Å². The molecule has 0 aliphatic heterocycles. The zero-order valence-electron chi connectivity index (χ0n) is 12.1. The molecule has 108 valence electrons. The number of aromatic nitrogens is 2. The number of nitrogens with zero attached hydrogens (tertiary/aromatic N) is 3. The second-order valence-corrected chi connectivity index (χ2v) is 5.01. The lowest BCUT2D eigenvalue weighted by atomic mass is 10.1. The maximum Gasteiger partial charge on any atom is 0.268 e. The normalized spacial score (nSPS) is 10.4. The van der Waals surface area contributed by atoms with E-state index < -0.39 is 0 Å². The van der Waals surface area contributed by atoms with Gasteiger partial charge in [-0.1, -0.05) is 18.2 Å². The smallest absolute Gasteiger partial charge is 0.268 e. The summed E-state index contributed by atoms with van der Waals surface area (Å²) in [5.74, 6) is -0.160. The standard InChI is InChI=1S/C17H14N4O/c1-12-11-21-15(3-2-4-16(21)20-12)17(22)19-10-14-7-5-13(9-18)6-8-14/h2-8,11H,10H2,1H3,(H,19,22). The number of benzene rings is 1. The van der Waals surface area contributed by atoms with E-state index in [9.17, 15) is 4.79 Å². The molecule has 0 radical (unpaired) electrons. The average molecular weight is 290 g/mol. The van der Waals surface area contributed by atoms with E-state index in [0.717, 1.165) is 16.9 Å². The van der Waals surface area contributed by atoms with Gasteiger partial charge in [0.25, 0.3) is 5.91 Å². The molecule has 0 saturated carbocycles. The van der Waals surface area contributed by atoms with Gasteiger partial charge in [0.1, 0.15) is 11.3 Å². The highest BCUT2D eigenvalue weighted by Gasteiger charge is 2.10. The van der Waals surface area contributed by atoms with Gasteiger partial charge >= 0.3 is 0 Å². The number of nitrogens with one attached hydrogen (secondary N) is 1. The van der Waals surface area contributed by atoms with Gasteiger partial charge in [-0.15, -0.1) is 0 Å². The van der Waals surface area contributed by atoms with Crippen LogP contribution in [-0.2, 0) is 6.54 Å². The second kappa shape index (κ2) is 5.70. The van der Waals surface area contributed by atoms with Crippen molar-refractivity contribution in [3.8, 4) is 6.07 Å². The van der Waals surface area contributed by atoms with Gasteiger partial charge in [0, 0.05) is 12.7 Å². The van der Waals surface area contributed by atoms with E-state index in [4.69, 9.17) is 5.26 Å². The number of amides is 1. The van der Waals surface area contributed by atoms with Gasteiger partial charge in [-0.2, -0.15) is 5.26 Å². The highest BCUT2D eigenvalue weighted by atomic mass is 16.1. The fourth-order valence-electron chi connectivity index (χ4n) is 2.29. The predicted octanol–water partition coefficient (Wildman–Crippen LogP) is 2.44. The van der Waals surface area contributed by atoms with Crippen molar-refractivity contribution in [3.63, 3.8) is 0 Å². The number of hydrogen-bond donors (Lipinski definition) is 1. The van der Waals surface area contributed by atoms with Crippen molar-refractivity contribution < 1.29 is 4.79 Å². The molecule has 0 atom stereocenters. The lowest BCUT2D eigenvalue weighted by Crippen LogP contribution is -2.24. The molecule has 2 heterocycles. The number of aryl methyl sites for hydroxylation is 1. The number of rotatable bonds is 3. The first-order chi connectivity index (χ1) is 10.7. The number of pyridine rings is 1. The van der Waals surface area contributed by atoms with Crippen LogP contribution in [0.1, 0.15) is 27.3 Å². The topological polar surface area (TPSA) is 70.2 Å². The maximum atomic E-state index is 12.4. The van der Waals surface area contributed by atoms with Crippen molar-refractivity contribution >= 4 is 11.6 Å². The van der Waals surface area contributed by atoms with Crippen LogP contribution in [0.5, 0.6) is 0 Å². The Labute approximate surface area is 127 Å². The van der Waals surface area contributed by atoms with E-state index in [-0.39, 0.29) is 5.91 Å². The van der Waals surface area contributed by atoms with Crippen molar-refractivity contribution in [1.29, 1.82) is 5.26 Å². The first-order valence-corrected chi connectivity index (χ1v) is 6.89. The molecule has 0 saturated heterocycles. The summed E-state index contributed by atoms with van der Waals surface area (Å²) < 4.78 is 1.78. The van der Waals surface area contributed by atoms with E-state index in [1.807, 2.05) is 37.4 Å². The lowest BCUT2D eigenvalue weighted by molar-refractivity contribution is 0.0944. The molecule has 2 aromatic heterocycles. The van der Waals surface area contributed by atoms with Crippen LogP contribution in [-0.4, -0.2) is 15.3 Å². The van der Waals surface area contributed by atoms with Gasteiger partial charge in [-0.25, -0.2) is 4.98 Å². The fourth-order valence-corrected chi connectivity index (χ4v) is 2.29. The van der Waals surface area contributed by atoms with Gasteiger partial charge < -0.3 is 5.32 Å². The van der Waals surface area contributed by atoms with Crippen molar-refractivity contribution in [3.05, 3.63) is 71.2 Å². The van der Waals surface area contributed by atoms with Gasteiger partial charge in [0.15, 0.2) is 0 Å². The fraction of sp³-hybridized carbons (Fsp3) is 0.118. The lowest BCUT2D eigenvalue weighted by Gasteiger charge is -2.07. The molecule has 1 aromatic carbocycles. The predicted molar refractivity (Wildman–Crippen MR) is 82.3 cm³/mol. The summed E-state index contributed by atoms with van der Waals surface area (Å²) in [6, 6.07) is 14.7. The SMILES string of the molecule is Cc1cn2c(C(=O)NCc3ccc(C#N)cc3)cccc2n1. The Hall–Kier alpha value is -3.13. The molecule has 0 bridgehead atoms. The molecule has 0 fully saturated rings. The summed E-state index contributed by atoms with van der Waals surface area (Å²) in [6.07, 6.45) is 1.84. The Morgan fingerprint density at radius 2 is 2.05 bits per heavy atom. The van der Waals surface area contributed by atoms with Crippen LogP contribution in [0.3, 0.4) is 0 Å². The van der Waals surface area contributed by atoms with E-state index in [2.05, 4.69) is 16.4 Å². The van der Waals surface area contributed by atoms with Crippen LogP contribution in [0.4, 0.5) is 0 Å². The third kappa shape index (κ3) is 2.67. The molecule has 1 amide bonds. The molecule has 3 aromatic rings. The maximum absolute atomic E-state index is 12.4. The zero-order chi connectivity index (χ0) is 15.5. The zero-order valence-corrected chi connectivity index (χ0v) is 12.1. The van der Waals surface area contributed by atoms with Crippen LogP contribution in [0, 0.1) is 18.3 Å². The minimum absolute atomic E-state index is 0.160. The van der Waals surface area contributed by atoms with Crippen LogP contribution in [0.25, 0.3) is 5.65 Å². The molecule has 1 N–H and O–H groups in total. The third-order valence-electron chi connectivity index (χ3n) is 3.38. The van der Waals surface area contributed by atoms with Crippen molar-refractivity contribution in [2.24, 2.45) is 0 Å². The van der Waals surface area contributed by atoms with E-state index >= 15 is 0 Å². The Morgan fingerprint density at radius 1 is 1.27 bits per heavy atom. The first-order valence-electron chi connectivity index (χ1n) is 6.89.